The summed E-state index contributed by atoms with van der Waals surface area (Å²) in [7, 11) is 0. The van der Waals surface area contributed by atoms with E-state index in [2.05, 4.69) is 10.3 Å². The summed E-state index contributed by atoms with van der Waals surface area (Å²) in [5, 5.41) is 11.4. The third kappa shape index (κ3) is 4.01. The molecule has 2 aromatic rings. The predicted octanol–water partition coefficient (Wildman–Crippen LogP) is 2.74. The van der Waals surface area contributed by atoms with Crippen LogP contribution < -0.4 is 5.32 Å². The van der Waals surface area contributed by atoms with Crippen LogP contribution in [0, 0.1) is 6.92 Å². The molecular weight excluding hydrogens is 268 g/mol. The smallest absolute Gasteiger partial charge is 0.328 e. The zero-order chi connectivity index (χ0) is 15.2. The maximum Gasteiger partial charge on any atom is 0.328 e. The van der Waals surface area contributed by atoms with Crippen molar-refractivity contribution in [1.29, 1.82) is 0 Å². The van der Waals surface area contributed by atoms with E-state index in [1.54, 1.807) is 42.7 Å². The Hall–Kier alpha value is -2.95. The first-order valence-corrected chi connectivity index (χ1v) is 6.29. The van der Waals surface area contributed by atoms with E-state index >= 15 is 0 Å². The molecule has 0 saturated carbocycles. The van der Waals surface area contributed by atoms with Gasteiger partial charge in [0.25, 0.3) is 5.91 Å². The van der Waals surface area contributed by atoms with Crippen molar-refractivity contribution in [3.05, 3.63) is 65.5 Å². The van der Waals surface area contributed by atoms with Crippen LogP contribution in [0.2, 0.25) is 0 Å². The number of nitrogens with zero attached hydrogens (tertiary/aromatic N) is 1. The maximum atomic E-state index is 12.1. The van der Waals surface area contributed by atoms with Gasteiger partial charge >= 0.3 is 5.97 Å². The molecule has 5 nitrogen and oxygen atoms in total. The lowest BCUT2D eigenvalue weighted by atomic mass is 10.0. The number of rotatable bonds is 4. The van der Waals surface area contributed by atoms with E-state index in [1.807, 2.05) is 6.92 Å². The minimum Gasteiger partial charge on any atom is -0.478 e. The van der Waals surface area contributed by atoms with Crippen LogP contribution in [0.5, 0.6) is 0 Å². The highest BCUT2D eigenvalue weighted by molar-refractivity contribution is 6.04. The van der Waals surface area contributed by atoms with Crippen LogP contribution in [0.3, 0.4) is 0 Å². The molecule has 5 heteroatoms. The summed E-state index contributed by atoms with van der Waals surface area (Å²) in [6.07, 6.45) is 5.69. The molecule has 2 rings (SSSR count). The number of carboxylic acids is 1. The zero-order valence-corrected chi connectivity index (χ0v) is 11.4. The molecule has 0 saturated heterocycles. The Morgan fingerprint density at radius 1 is 1.29 bits per heavy atom. The van der Waals surface area contributed by atoms with Crippen LogP contribution in [0.15, 0.2) is 48.8 Å². The summed E-state index contributed by atoms with van der Waals surface area (Å²) in [5.74, 6) is -1.30. The van der Waals surface area contributed by atoms with Gasteiger partial charge in [-0.1, -0.05) is 6.07 Å². The number of carbonyl (C=O) groups is 2. The molecule has 2 N–H and O–H groups in total. The van der Waals surface area contributed by atoms with Gasteiger partial charge in [-0.25, -0.2) is 4.79 Å². The van der Waals surface area contributed by atoms with Gasteiger partial charge in [-0.3, -0.25) is 9.78 Å². The van der Waals surface area contributed by atoms with Crippen molar-refractivity contribution in [3.63, 3.8) is 0 Å². The Balaban J connectivity index is 2.22. The van der Waals surface area contributed by atoms with E-state index < -0.39 is 5.97 Å². The van der Waals surface area contributed by atoms with Gasteiger partial charge in [0, 0.05) is 17.8 Å². The third-order valence-electron chi connectivity index (χ3n) is 2.87. The SMILES string of the molecule is Cc1ccc(C(=O)Nc2cccnc2)cc1/C=C/C(=O)O. The van der Waals surface area contributed by atoms with E-state index in [0.717, 1.165) is 11.6 Å². The number of aromatic nitrogens is 1. The molecule has 0 aliphatic carbocycles. The van der Waals surface area contributed by atoms with Crippen molar-refractivity contribution in [2.24, 2.45) is 0 Å². The molecule has 0 aliphatic rings. The number of aryl methyl sites for hydroxylation is 1. The summed E-state index contributed by atoms with van der Waals surface area (Å²) >= 11 is 0. The summed E-state index contributed by atoms with van der Waals surface area (Å²) < 4.78 is 0. The second-order valence-electron chi connectivity index (χ2n) is 4.44. The summed E-state index contributed by atoms with van der Waals surface area (Å²) in [6.45, 7) is 1.85. The molecule has 1 aromatic heterocycles. The fraction of sp³-hybridized carbons (Fsp3) is 0.0625. The molecule has 0 aliphatic heterocycles. The van der Waals surface area contributed by atoms with Crippen LogP contribution in [0.1, 0.15) is 21.5 Å². The van der Waals surface area contributed by atoms with Crippen LogP contribution in [-0.4, -0.2) is 22.0 Å². The van der Waals surface area contributed by atoms with Gasteiger partial charge in [0.1, 0.15) is 0 Å². The van der Waals surface area contributed by atoms with Gasteiger partial charge in [0.2, 0.25) is 0 Å². The molecule has 0 radical (unpaired) electrons. The van der Waals surface area contributed by atoms with Gasteiger partial charge in [-0.05, 0) is 48.4 Å². The monoisotopic (exact) mass is 282 g/mol. The standard InChI is InChI=1S/C16H14N2O3/c1-11-4-5-13(9-12(11)6-7-15(19)20)16(21)18-14-3-2-8-17-10-14/h2-10H,1H3,(H,18,21)(H,19,20)/b7-6+. The lowest BCUT2D eigenvalue weighted by molar-refractivity contribution is -0.131. The van der Waals surface area contributed by atoms with Gasteiger partial charge in [-0.15, -0.1) is 0 Å². The topological polar surface area (TPSA) is 79.3 Å². The fourth-order valence-electron chi connectivity index (χ4n) is 1.76. The highest BCUT2D eigenvalue weighted by atomic mass is 16.4. The highest BCUT2D eigenvalue weighted by Crippen LogP contribution is 2.15. The van der Waals surface area contributed by atoms with Crippen LogP contribution >= 0.6 is 0 Å². The lowest BCUT2D eigenvalue weighted by Gasteiger charge is -2.07. The molecule has 1 heterocycles. The molecular formula is C16H14N2O3. The molecule has 21 heavy (non-hydrogen) atoms. The number of hydrogen-bond donors (Lipinski definition) is 2. The Morgan fingerprint density at radius 2 is 2.10 bits per heavy atom. The lowest BCUT2D eigenvalue weighted by Crippen LogP contribution is -2.12. The van der Waals surface area contributed by atoms with Gasteiger partial charge in [0.05, 0.1) is 11.9 Å². The van der Waals surface area contributed by atoms with Crippen molar-refractivity contribution in [2.75, 3.05) is 5.32 Å². The minimum absolute atomic E-state index is 0.270. The largest absolute Gasteiger partial charge is 0.478 e. The number of amides is 1. The average Bonchev–Trinajstić information content (AvgIpc) is 2.47. The number of nitrogens with one attached hydrogen (secondary N) is 1. The van der Waals surface area contributed by atoms with Crippen LogP contribution in [0.25, 0.3) is 6.08 Å². The summed E-state index contributed by atoms with van der Waals surface area (Å²) in [5.41, 5.74) is 2.64. The van der Waals surface area contributed by atoms with E-state index in [-0.39, 0.29) is 5.91 Å². The minimum atomic E-state index is -1.03. The molecule has 0 bridgehead atoms. The van der Waals surface area contributed by atoms with Crippen molar-refractivity contribution in [3.8, 4) is 0 Å². The molecule has 0 fully saturated rings. The summed E-state index contributed by atoms with van der Waals surface area (Å²) in [4.78, 5) is 26.6. The molecule has 0 atom stereocenters. The zero-order valence-electron chi connectivity index (χ0n) is 11.4. The van der Waals surface area contributed by atoms with Gasteiger partial charge in [-0.2, -0.15) is 0 Å². The quantitative estimate of drug-likeness (QED) is 0.845. The average molecular weight is 282 g/mol. The fourth-order valence-corrected chi connectivity index (χ4v) is 1.76. The third-order valence-corrected chi connectivity index (χ3v) is 2.87. The first kappa shape index (κ1) is 14.5. The Kier molecular flexibility index (Phi) is 4.46. The molecule has 0 unspecified atom stereocenters. The van der Waals surface area contributed by atoms with E-state index in [9.17, 15) is 9.59 Å². The molecule has 1 amide bonds. The van der Waals surface area contributed by atoms with Gasteiger partial charge in [0.15, 0.2) is 0 Å². The van der Waals surface area contributed by atoms with Crippen LogP contribution in [0.4, 0.5) is 5.69 Å². The van der Waals surface area contributed by atoms with E-state index in [4.69, 9.17) is 5.11 Å². The Labute approximate surface area is 122 Å². The van der Waals surface area contributed by atoms with Crippen molar-refractivity contribution < 1.29 is 14.7 Å². The highest BCUT2D eigenvalue weighted by Gasteiger charge is 2.07. The van der Waals surface area contributed by atoms with Crippen molar-refractivity contribution >= 4 is 23.6 Å². The second-order valence-corrected chi connectivity index (χ2v) is 4.44. The number of aliphatic carboxylic acids is 1. The normalized spacial score (nSPS) is 10.5. The summed E-state index contributed by atoms with van der Waals surface area (Å²) in [6, 6.07) is 8.59. The number of carboxylic acid groups (broad SMARTS) is 1. The first-order valence-electron chi connectivity index (χ1n) is 6.29. The second kappa shape index (κ2) is 6.47. The molecule has 1 aromatic carbocycles. The van der Waals surface area contributed by atoms with Crippen LogP contribution in [-0.2, 0) is 4.79 Å². The number of carbonyl (C=O) groups excluding carboxylic acids is 1. The molecule has 106 valence electrons. The van der Waals surface area contributed by atoms with E-state index in [1.165, 1.54) is 6.08 Å². The first-order chi connectivity index (χ1) is 10.1. The predicted molar refractivity (Wildman–Crippen MR) is 80.0 cm³/mol. The number of anilines is 1. The Bertz CT molecular complexity index is 694. The Morgan fingerprint density at radius 3 is 2.76 bits per heavy atom. The maximum absolute atomic E-state index is 12.1. The number of benzene rings is 1. The van der Waals surface area contributed by atoms with E-state index in [0.29, 0.717) is 16.8 Å². The van der Waals surface area contributed by atoms with Crippen molar-refractivity contribution in [1.82, 2.24) is 4.98 Å². The number of pyridine rings is 1. The van der Waals surface area contributed by atoms with Gasteiger partial charge < -0.3 is 10.4 Å². The number of hydrogen-bond acceptors (Lipinski definition) is 3. The van der Waals surface area contributed by atoms with Crippen molar-refractivity contribution in [2.45, 2.75) is 6.92 Å². The molecule has 0 spiro atoms.